The van der Waals surface area contributed by atoms with Gasteiger partial charge in [0.25, 0.3) is 0 Å². The van der Waals surface area contributed by atoms with Gasteiger partial charge in [-0.25, -0.2) is 0 Å². The fraction of sp³-hybridized carbons (Fsp3) is 0.529. The first-order valence-corrected chi connectivity index (χ1v) is 8.43. The molecule has 20 heavy (non-hydrogen) atoms. The molecule has 2 nitrogen and oxygen atoms in total. The van der Waals surface area contributed by atoms with E-state index in [0.717, 1.165) is 26.0 Å². The van der Waals surface area contributed by atoms with E-state index >= 15 is 0 Å². The Bertz CT molecular complexity index is 571. The normalized spacial score (nSPS) is 24.3. The van der Waals surface area contributed by atoms with Gasteiger partial charge in [0, 0.05) is 17.3 Å². The molecule has 2 heterocycles. The van der Waals surface area contributed by atoms with Gasteiger partial charge in [-0.2, -0.15) is 0 Å². The number of thiophene rings is 1. The summed E-state index contributed by atoms with van der Waals surface area (Å²) in [4.78, 5) is 0. The van der Waals surface area contributed by atoms with Crippen molar-refractivity contribution in [1.29, 1.82) is 0 Å². The lowest BCUT2D eigenvalue weighted by Gasteiger charge is -2.34. The lowest BCUT2D eigenvalue weighted by molar-refractivity contribution is -0.0109. The molecule has 1 aliphatic heterocycles. The maximum atomic E-state index is 6.06. The van der Waals surface area contributed by atoms with Crippen molar-refractivity contribution in [2.24, 2.45) is 0 Å². The van der Waals surface area contributed by atoms with Gasteiger partial charge in [0.05, 0.1) is 5.60 Å². The van der Waals surface area contributed by atoms with Crippen LogP contribution in [0.4, 0.5) is 0 Å². The number of fused-ring (bicyclic) bond motifs is 1. The summed E-state index contributed by atoms with van der Waals surface area (Å²) in [6.45, 7) is 6.34. The minimum absolute atomic E-state index is 0.0148. The summed E-state index contributed by atoms with van der Waals surface area (Å²) in [6, 6.07) is 9.09. The molecular formula is C17H23NOS. The number of rotatable bonds is 5. The van der Waals surface area contributed by atoms with E-state index in [1.165, 1.54) is 22.1 Å². The van der Waals surface area contributed by atoms with Crippen LogP contribution in [0.25, 0.3) is 10.1 Å². The monoisotopic (exact) mass is 289 g/mol. The maximum Gasteiger partial charge on any atom is 0.0810 e. The third-order valence-corrected chi connectivity index (χ3v) is 5.43. The van der Waals surface area contributed by atoms with Gasteiger partial charge in [-0.15, -0.1) is 11.3 Å². The third-order valence-electron chi connectivity index (χ3n) is 4.42. The molecule has 0 radical (unpaired) electrons. The van der Waals surface area contributed by atoms with Crippen LogP contribution in [0.3, 0.4) is 0 Å². The van der Waals surface area contributed by atoms with E-state index in [1.54, 1.807) is 0 Å². The average Bonchev–Trinajstić information content (AvgIpc) is 3.06. The van der Waals surface area contributed by atoms with E-state index in [9.17, 15) is 0 Å². The first-order valence-electron chi connectivity index (χ1n) is 7.55. The molecule has 1 fully saturated rings. The standard InChI is InChI=1S/C17H23NOS/c1-3-18-16(17(2)9-6-10-19-17)11-13-12-20-15-8-5-4-7-14(13)15/h4-5,7-8,12,16,18H,3,6,9-11H2,1-2H3. The zero-order chi connectivity index (χ0) is 14.0. The van der Waals surface area contributed by atoms with Crippen LogP contribution in [0.1, 0.15) is 32.3 Å². The molecule has 3 heteroatoms. The summed E-state index contributed by atoms with van der Waals surface area (Å²) >= 11 is 1.85. The summed E-state index contributed by atoms with van der Waals surface area (Å²) < 4.78 is 7.44. The molecule has 0 aliphatic carbocycles. The largest absolute Gasteiger partial charge is 0.374 e. The van der Waals surface area contributed by atoms with Crippen molar-refractivity contribution >= 4 is 21.4 Å². The Morgan fingerprint density at radius 3 is 3.00 bits per heavy atom. The number of likely N-dealkylation sites (N-methyl/N-ethyl adjacent to an activating group) is 1. The Morgan fingerprint density at radius 2 is 2.25 bits per heavy atom. The Balaban J connectivity index is 1.86. The summed E-state index contributed by atoms with van der Waals surface area (Å²) in [5.74, 6) is 0. The van der Waals surface area contributed by atoms with Crippen LogP contribution in [-0.2, 0) is 11.2 Å². The highest BCUT2D eigenvalue weighted by Gasteiger charge is 2.38. The lowest BCUT2D eigenvalue weighted by Crippen LogP contribution is -2.49. The van der Waals surface area contributed by atoms with Crippen LogP contribution in [0.5, 0.6) is 0 Å². The zero-order valence-electron chi connectivity index (χ0n) is 12.3. The van der Waals surface area contributed by atoms with Crippen molar-refractivity contribution in [2.45, 2.75) is 44.8 Å². The van der Waals surface area contributed by atoms with Gasteiger partial charge in [0.1, 0.15) is 0 Å². The number of nitrogens with one attached hydrogen (secondary N) is 1. The van der Waals surface area contributed by atoms with E-state index < -0.39 is 0 Å². The van der Waals surface area contributed by atoms with E-state index in [0.29, 0.717) is 6.04 Å². The minimum atomic E-state index is -0.0148. The summed E-state index contributed by atoms with van der Waals surface area (Å²) in [5.41, 5.74) is 1.44. The molecule has 0 saturated carbocycles. The molecule has 1 aliphatic rings. The van der Waals surface area contributed by atoms with Crippen LogP contribution >= 0.6 is 11.3 Å². The molecule has 3 rings (SSSR count). The molecule has 1 aromatic heterocycles. The molecule has 0 spiro atoms. The van der Waals surface area contributed by atoms with Crippen LogP contribution in [0.2, 0.25) is 0 Å². The van der Waals surface area contributed by atoms with Gasteiger partial charge >= 0.3 is 0 Å². The smallest absolute Gasteiger partial charge is 0.0810 e. The average molecular weight is 289 g/mol. The minimum Gasteiger partial charge on any atom is -0.374 e. The summed E-state index contributed by atoms with van der Waals surface area (Å²) in [6.07, 6.45) is 3.39. The van der Waals surface area contributed by atoms with E-state index in [1.807, 2.05) is 11.3 Å². The Hall–Kier alpha value is -0.900. The van der Waals surface area contributed by atoms with Crippen molar-refractivity contribution in [3.63, 3.8) is 0 Å². The summed E-state index contributed by atoms with van der Waals surface area (Å²) in [5, 5.41) is 7.37. The molecular weight excluding hydrogens is 266 g/mol. The molecule has 108 valence electrons. The van der Waals surface area contributed by atoms with Crippen LogP contribution < -0.4 is 5.32 Å². The van der Waals surface area contributed by atoms with Crippen molar-refractivity contribution in [1.82, 2.24) is 5.32 Å². The molecule has 2 aromatic rings. The highest BCUT2D eigenvalue weighted by atomic mass is 32.1. The molecule has 0 amide bonds. The van der Waals surface area contributed by atoms with E-state index in [-0.39, 0.29) is 5.60 Å². The van der Waals surface area contributed by atoms with E-state index in [4.69, 9.17) is 4.74 Å². The Kier molecular flexibility index (Phi) is 4.11. The van der Waals surface area contributed by atoms with Crippen molar-refractivity contribution in [2.75, 3.05) is 13.2 Å². The van der Waals surface area contributed by atoms with Gasteiger partial charge < -0.3 is 10.1 Å². The van der Waals surface area contributed by atoms with Gasteiger partial charge in [-0.05, 0) is 55.1 Å². The van der Waals surface area contributed by atoms with Gasteiger partial charge in [-0.3, -0.25) is 0 Å². The molecule has 2 unspecified atom stereocenters. The second-order valence-corrected chi connectivity index (χ2v) is 6.75. The summed E-state index contributed by atoms with van der Waals surface area (Å²) in [7, 11) is 0. The second-order valence-electron chi connectivity index (χ2n) is 5.84. The fourth-order valence-corrected chi connectivity index (χ4v) is 4.21. The Morgan fingerprint density at radius 1 is 1.40 bits per heavy atom. The molecule has 1 N–H and O–H groups in total. The van der Waals surface area contributed by atoms with E-state index in [2.05, 4.69) is 48.8 Å². The SMILES string of the molecule is CCNC(Cc1csc2ccccc12)C1(C)CCCO1. The quantitative estimate of drug-likeness (QED) is 0.898. The van der Waals surface area contributed by atoms with Gasteiger partial charge in [0.2, 0.25) is 0 Å². The predicted molar refractivity (Wildman–Crippen MR) is 86.6 cm³/mol. The van der Waals surface area contributed by atoms with Crippen LogP contribution in [0.15, 0.2) is 29.6 Å². The zero-order valence-corrected chi connectivity index (χ0v) is 13.1. The molecule has 2 atom stereocenters. The Labute approximate surface area is 125 Å². The first-order chi connectivity index (χ1) is 9.73. The number of hydrogen-bond donors (Lipinski definition) is 1. The molecule has 1 saturated heterocycles. The highest BCUT2D eigenvalue weighted by molar-refractivity contribution is 7.17. The van der Waals surface area contributed by atoms with Crippen molar-refractivity contribution < 1.29 is 4.74 Å². The third kappa shape index (κ3) is 2.62. The highest BCUT2D eigenvalue weighted by Crippen LogP contribution is 2.33. The van der Waals surface area contributed by atoms with Crippen LogP contribution in [-0.4, -0.2) is 24.8 Å². The van der Waals surface area contributed by atoms with Crippen molar-refractivity contribution in [3.05, 3.63) is 35.2 Å². The van der Waals surface area contributed by atoms with Crippen LogP contribution in [0, 0.1) is 0 Å². The predicted octanol–water partition coefficient (Wildman–Crippen LogP) is 3.99. The fourth-order valence-electron chi connectivity index (χ4n) is 3.24. The maximum absolute atomic E-state index is 6.06. The number of ether oxygens (including phenoxy) is 1. The molecule has 1 aromatic carbocycles. The lowest BCUT2D eigenvalue weighted by atomic mass is 9.88. The first kappa shape index (κ1) is 14.1. The van der Waals surface area contributed by atoms with Crippen molar-refractivity contribution in [3.8, 4) is 0 Å². The second kappa shape index (κ2) is 5.84. The molecule has 0 bridgehead atoms. The number of hydrogen-bond acceptors (Lipinski definition) is 3. The van der Waals surface area contributed by atoms with Gasteiger partial charge in [0.15, 0.2) is 0 Å². The number of benzene rings is 1. The van der Waals surface area contributed by atoms with Gasteiger partial charge in [-0.1, -0.05) is 25.1 Å². The topological polar surface area (TPSA) is 21.3 Å².